The molecule has 1 rings (SSSR count). The average molecular weight is 169 g/mol. The van der Waals surface area contributed by atoms with Gasteiger partial charge in [-0.2, -0.15) is 0 Å². The summed E-state index contributed by atoms with van der Waals surface area (Å²) in [6.45, 7) is 2.15. The van der Waals surface area contributed by atoms with Gasteiger partial charge in [0, 0.05) is 5.92 Å². The molecule has 2 atom stereocenters. The number of amides is 1. The number of primary amides is 1. The molecule has 0 saturated heterocycles. The topological polar surface area (TPSA) is 43.1 Å². The van der Waals surface area contributed by atoms with Crippen molar-refractivity contribution < 1.29 is 4.79 Å². The second kappa shape index (κ2) is 4.48. The maximum absolute atomic E-state index is 11.1. The van der Waals surface area contributed by atoms with Crippen molar-refractivity contribution in [3.05, 3.63) is 0 Å². The van der Waals surface area contributed by atoms with Crippen LogP contribution in [0.5, 0.6) is 0 Å². The molecule has 2 heteroatoms. The number of carbonyl (C=O) groups is 1. The highest BCUT2D eigenvalue weighted by atomic mass is 16.1. The fraction of sp³-hybridized carbons (Fsp3) is 0.900. The lowest BCUT2D eigenvalue weighted by atomic mass is 9.82. The van der Waals surface area contributed by atoms with E-state index in [1.54, 1.807) is 0 Å². The van der Waals surface area contributed by atoms with E-state index in [2.05, 4.69) is 6.92 Å². The van der Waals surface area contributed by atoms with E-state index in [0.29, 0.717) is 5.92 Å². The summed E-state index contributed by atoms with van der Waals surface area (Å²) in [6.07, 6.45) is 7.24. The Morgan fingerprint density at radius 2 is 1.75 bits per heavy atom. The highest BCUT2D eigenvalue weighted by Crippen LogP contribution is 2.26. The second-order valence-electron chi connectivity index (χ2n) is 3.98. The normalized spacial score (nSPS) is 32.1. The molecule has 1 aliphatic rings. The number of nitrogens with two attached hydrogens (primary N) is 1. The van der Waals surface area contributed by atoms with E-state index in [9.17, 15) is 4.79 Å². The molecule has 0 aliphatic heterocycles. The minimum absolute atomic E-state index is 0.0931. The van der Waals surface area contributed by atoms with Crippen LogP contribution in [0.3, 0.4) is 0 Å². The Morgan fingerprint density at radius 1 is 1.17 bits per heavy atom. The van der Waals surface area contributed by atoms with Gasteiger partial charge >= 0.3 is 0 Å². The van der Waals surface area contributed by atoms with Gasteiger partial charge in [-0.1, -0.05) is 32.6 Å². The average Bonchev–Trinajstić information content (AvgIpc) is 1.96. The van der Waals surface area contributed by atoms with Crippen LogP contribution < -0.4 is 5.73 Å². The third-order valence-corrected chi connectivity index (χ3v) is 2.98. The summed E-state index contributed by atoms with van der Waals surface area (Å²) in [5, 5.41) is 0. The summed E-state index contributed by atoms with van der Waals surface area (Å²) < 4.78 is 0. The Labute approximate surface area is 74.5 Å². The van der Waals surface area contributed by atoms with Crippen molar-refractivity contribution in [2.24, 2.45) is 17.6 Å². The third-order valence-electron chi connectivity index (χ3n) is 2.98. The lowest BCUT2D eigenvalue weighted by Gasteiger charge is -2.23. The smallest absolute Gasteiger partial charge is 0.220 e. The molecule has 2 N–H and O–H groups in total. The first-order chi connectivity index (χ1) is 5.72. The quantitative estimate of drug-likeness (QED) is 0.641. The molecule has 1 amide bonds. The summed E-state index contributed by atoms with van der Waals surface area (Å²) in [5.41, 5.74) is 5.34. The van der Waals surface area contributed by atoms with Gasteiger partial charge in [-0.15, -0.1) is 0 Å². The van der Waals surface area contributed by atoms with Crippen LogP contribution in [0, 0.1) is 11.8 Å². The van der Waals surface area contributed by atoms with Crippen molar-refractivity contribution in [3.63, 3.8) is 0 Å². The number of hydrogen-bond donors (Lipinski definition) is 1. The molecule has 0 radical (unpaired) electrons. The van der Waals surface area contributed by atoms with Gasteiger partial charge < -0.3 is 5.73 Å². The fourth-order valence-corrected chi connectivity index (χ4v) is 2.09. The zero-order valence-electron chi connectivity index (χ0n) is 7.88. The zero-order chi connectivity index (χ0) is 8.97. The van der Waals surface area contributed by atoms with E-state index in [1.807, 2.05) is 0 Å². The first-order valence-corrected chi connectivity index (χ1v) is 5.01. The zero-order valence-corrected chi connectivity index (χ0v) is 7.88. The molecular formula is C10H19NO. The molecule has 1 aliphatic carbocycles. The molecule has 0 aromatic carbocycles. The maximum Gasteiger partial charge on any atom is 0.220 e. The highest BCUT2D eigenvalue weighted by molar-refractivity contribution is 5.76. The lowest BCUT2D eigenvalue weighted by Crippen LogP contribution is -2.29. The van der Waals surface area contributed by atoms with Gasteiger partial charge in [0.05, 0.1) is 0 Å². The molecule has 0 aromatic rings. The van der Waals surface area contributed by atoms with Gasteiger partial charge in [0.25, 0.3) is 0 Å². The minimum Gasteiger partial charge on any atom is -0.369 e. The summed E-state index contributed by atoms with van der Waals surface area (Å²) >= 11 is 0. The molecule has 1 saturated carbocycles. The highest BCUT2D eigenvalue weighted by Gasteiger charge is 2.23. The van der Waals surface area contributed by atoms with Gasteiger partial charge in [0.2, 0.25) is 5.91 Å². The van der Waals surface area contributed by atoms with E-state index in [0.717, 1.165) is 6.42 Å². The van der Waals surface area contributed by atoms with Crippen LogP contribution in [0.25, 0.3) is 0 Å². The molecule has 1 fully saturated rings. The van der Waals surface area contributed by atoms with Gasteiger partial charge in [0.15, 0.2) is 0 Å². The third kappa shape index (κ3) is 2.50. The number of rotatable bonds is 1. The summed E-state index contributed by atoms with van der Waals surface area (Å²) in [7, 11) is 0. The molecule has 0 bridgehead atoms. The van der Waals surface area contributed by atoms with E-state index in [-0.39, 0.29) is 11.8 Å². The predicted octanol–water partition coefficient (Wildman–Crippen LogP) is 2.08. The maximum atomic E-state index is 11.1. The first-order valence-electron chi connectivity index (χ1n) is 5.01. The Morgan fingerprint density at radius 3 is 2.33 bits per heavy atom. The predicted molar refractivity (Wildman–Crippen MR) is 49.6 cm³/mol. The number of carbonyl (C=O) groups excluding carboxylic acids is 1. The summed E-state index contributed by atoms with van der Waals surface area (Å²) in [5.74, 6) is 0.553. The molecule has 0 heterocycles. The largest absolute Gasteiger partial charge is 0.369 e. The van der Waals surface area contributed by atoms with Gasteiger partial charge in [0.1, 0.15) is 0 Å². The van der Waals surface area contributed by atoms with Crippen LogP contribution in [0.1, 0.15) is 45.4 Å². The first kappa shape index (κ1) is 9.56. The van der Waals surface area contributed by atoms with Crippen LogP contribution >= 0.6 is 0 Å². The van der Waals surface area contributed by atoms with Crippen molar-refractivity contribution in [1.82, 2.24) is 0 Å². The van der Waals surface area contributed by atoms with E-state index < -0.39 is 0 Å². The Hall–Kier alpha value is -0.530. The van der Waals surface area contributed by atoms with Crippen LogP contribution in [-0.2, 0) is 4.79 Å². The molecule has 2 unspecified atom stereocenters. The Balaban J connectivity index is 2.48. The molecule has 2 nitrogen and oxygen atoms in total. The van der Waals surface area contributed by atoms with E-state index in [1.165, 1.54) is 32.1 Å². The van der Waals surface area contributed by atoms with Crippen molar-refractivity contribution in [2.45, 2.75) is 45.4 Å². The van der Waals surface area contributed by atoms with E-state index in [4.69, 9.17) is 5.73 Å². The number of hydrogen-bond acceptors (Lipinski definition) is 1. The SMILES string of the molecule is CC1CCCCCCC1C(N)=O. The molecule has 70 valence electrons. The van der Waals surface area contributed by atoms with Crippen molar-refractivity contribution in [2.75, 3.05) is 0 Å². The van der Waals surface area contributed by atoms with Gasteiger partial charge in [-0.25, -0.2) is 0 Å². The van der Waals surface area contributed by atoms with E-state index >= 15 is 0 Å². The van der Waals surface area contributed by atoms with Crippen LogP contribution in [0.2, 0.25) is 0 Å². The van der Waals surface area contributed by atoms with Gasteiger partial charge in [-0.05, 0) is 18.8 Å². The Kier molecular flexibility index (Phi) is 3.57. The molecule has 0 aromatic heterocycles. The monoisotopic (exact) mass is 169 g/mol. The van der Waals surface area contributed by atoms with Crippen molar-refractivity contribution >= 4 is 5.91 Å². The van der Waals surface area contributed by atoms with Crippen LogP contribution in [0.15, 0.2) is 0 Å². The summed E-state index contributed by atoms with van der Waals surface area (Å²) in [6, 6.07) is 0. The summed E-state index contributed by atoms with van der Waals surface area (Å²) in [4.78, 5) is 11.1. The van der Waals surface area contributed by atoms with Crippen LogP contribution in [-0.4, -0.2) is 5.91 Å². The Bertz CT molecular complexity index is 156. The minimum atomic E-state index is -0.0931. The van der Waals surface area contributed by atoms with Crippen molar-refractivity contribution in [1.29, 1.82) is 0 Å². The fourth-order valence-electron chi connectivity index (χ4n) is 2.09. The van der Waals surface area contributed by atoms with Crippen molar-refractivity contribution in [3.8, 4) is 0 Å². The lowest BCUT2D eigenvalue weighted by molar-refractivity contribution is -0.123. The molecular weight excluding hydrogens is 150 g/mol. The molecule has 0 spiro atoms. The standard InChI is InChI=1S/C10H19NO/c1-8-6-4-2-3-5-7-9(8)10(11)12/h8-9H,2-7H2,1H3,(H2,11,12). The van der Waals surface area contributed by atoms with Crippen LogP contribution in [0.4, 0.5) is 0 Å². The van der Waals surface area contributed by atoms with Gasteiger partial charge in [-0.3, -0.25) is 4.79 Å². The second-order valence-corrected chi connectivity index (χ2v) is 3.98. The molecule has 12 heavy (non-hydrogen) atoms.